The van der Waals surface area contributed by atoms with Gasteiger partial charge in [0.25, 0.3) is 5.69 Å². The predicted molar refractivity (Wildman–Crippen MR) is 112 cm³/mol. The summed E-state index contributed by atoms with van der Waals surface area (Å²) in [4.78, 5) is 34.6. The molecule has 2 N–H and O–H groups in total. The maximum atomic E-state index is 13.0. The quantitative estimate of drug-likeness (QED) is 0.338. The highest BCUT2D eigenvalue weighted by molar-refractivity contribution is 7.89. The third-order valence-electron chi connectivity index (χ3n) is 4.31. The summed E-state index contributed by atoms with van der Waals surface area (Å²) in [5, 5.41) is 13.4. The average molecular weight is 449 g/mol. The minimum atomic E-state index is -4.12. The summed E-state index contributed by atoms with van der Waals surface area (Å²) in [6, 6.07) is 8.34. The average Bonchev–Trinajstić information content (AvgIpc) is 2.71. The van der Waals surface area contributed by atoms with Gasteiger partial charge in [-0.2, -0.15) is 0 Å². The lowest BCUT2D eigenvalue weighted by Gasteiger charge is -2.27. The van der Waals surface area contributed by atoms with Crippen molar-refractivity contribution in [3.8, 4) is 0 Å². The van der Waals surface area contributed by atoms with Gasteiger partial charge >= 0.3 is 5.97 Å². The monoisotopic (exact) mass is 449 g/mol. The second-order valence-electron chi connectivity index (χ2n) is 6.69. The summed E-state index contributed by atoms with van der Waals surface area (Å²) < 4.78 is 33.4. The van der Waals surface area contributed by atoms with Crippen molar-refractivity contribution in [3.63, 3.8) is 0 Å². The Balaban J connectivity index is 2.54. The molecule has 0 unspecified atom stereocenters. The molecule has 0 aliphatic rings. The Labute approximate surface area is 179 Å². The van der Waals surface area contributed by atoms with Gasteiger partial charge in [-0.3, -0.25) is 14.9 Å². The van der Waals surface area contributed by atoms with Crippen molar-refractivity contribution in [1.29, 1.82) is 0 Å². The number of carbonyl (C=O) groups excluding carboxylic acids is 2. The summed E-state index contributed by atoms with van der Waals surface area (Å²) in [6.45, 7) is 4.55. The minimum absolute atomic E-state index is 0.00656. The predicted octanol–water partition coefficient (Wildman–Crippen LogP) is 1.99. The highest BCUT2D eigenvalue weighted by Gasteiger charge is 2.35. The Morgan fingerprint density at radius 2 is 1.68 bits per heavy atom. The fourth-order valence-corrected chi connectivity index (χ4v) is 4.05. The number of hydrogen-bond acceptors (Lipinski definition) is 7. The van der Waals surface area contributed by atoms with E-state index in [9.17, 15) is 28.1 Å². The van der Waals surface area contributed by atoms with Gasteiger partial charge in [0.05, 0.1) is 22.5 Å². The van der Waals surface area contributed by atoms with E-state index in [2.05, 4.69) is 10.0 Å². The Kier molecular flexibility index (Phi) is 7.83. The van der Waals surface area contributed by atoms with E-state index in [-0.39, 0.29) is 22.8 Å². The van der Waals surface area contributed by atoms with Crippen LogP contribution in [0.25, 0.3) is 0 Å². The molecule has 0 fully saturated rings. The molecule has 1 amide bonds. The van der Waals surface area contributed by atoms with Crippen molar-refractivity contribution in [3.05, 3.63) is 69.8 Å². The molecule has 166 valence electrons. The molecule has 0 aliphatic carbocycles. The van der Waals surface area contributed by atoms with Gasteiger partial charge in [0.1, 0.15) is 6.04 Å². The van der Waals surface area contributed by atoms with Crippen LogP contribution < -0.4 is 10.0 Å². The molecule has 2 aromatic carbocycles. The lowest BCUT2D eigenvalue weighted by atomic mass is 9.99. The molecule has 0 radical (unpaired) electrons. The number of nitrogens with zero attached hydrogens (tertiary/aromatic N) is 1. The number of esters is 1. The van der Waals surface area contributed by atoms with Crippen LogP contribution in [-0.2, 0) is 24.3 Å². The first kappa shape index (κ1) is 24.0. The zero-order valence-electron chi connectivity index (χ0n) is 17.2. The minimum Gasteiger partial charge on any atom is -0.464 e. The number of aryl methyl sites for hydroxylation is 1. The normalized spacial score (nSPS) is 13.1. The SMILES string of the molecule is CCOC(=O)[C@@H](NC(C)=O)[C@@H](NS(=O)(=O)c1ccc(C)cc1)c1ccc([N+](=O)[O-])cc1. The van der Waals surface area contributed by atoms with E-state index in [4.69, 9.17) is 4.74 Å². The van der Waals surface area contributed by atoms with Gasteiger partial charge < -0.3 is 10.1 Å². The second kappa shape index (κ2) is 10.1. The molecule has 0 aliphatic heterocycles. The first-order valence-corrected chi connectivity index (χ1v) is 10.8. The molecule has 31 heavy (non-hydrogen) atoms. The number of nitro benzene ring substituents is 1. The molecule has 2 atom stereocenters. The summed E-state index contributed by atoms with van der Waals surface area (Å²) in [6.07, 6.45) is 0. The van der Waals surface area contributed by atoms with Crippen molar-refractivity contribution in [1.82, 2.24) is 10.0 Å². The highest BCUT2D eigenvalue weighted by atomic mass is 32.2. The van der Waals surface area contributed by atoms with Gasteiger partial charge in [-0.1, -0.05) is 29.8 Å². The molecule has 10 nitrogen and oxygen atoms in total. The smallest absolute Gasteiger partial charge is 0.330 e. The topological polar surface area (TPSA) is 145 Å². The number of nitro groups is 1. The molecule has 2 rings (SSSR count). The van der Waals surface area contributed by atoms with E-state index >= 15 is 0 Å². The number of carbonyl (C=O) groups is 2. The van der Waals surface area contributed by atoms with E-state index < -0.39 is 38.9 Å². The summed E-state index contributed by atoms with van der Waals surface area (Å²) in [5.41, 5.74) is 0.873. The van der Waals surface area contributed by atoms with Crippen LogP contribution in [0.15, 0.2) is 53.4 Å². The number of nitrogens with one attached hydrogen (secondary N) is 2. The van der Waals surface area contributed by atoms with Crippen LogP contribution in [0.4, 0.5) is 5.69 Å². The fraction of sp³-hybridized carbons (Fsp3) is 0.300. The molecule has 2 aromatic rings. The molecular formula is C20H23N3O7S. The van der Waals surface area contributed by atoms with Gasteiger partial charge in [-0.15, -0.1) is 0 Å². The summed E-state index contributed by atoms with van der Waals surface area (Å²) in [7, 11) is -4.12. The Morgan fingerprint density at radius 1 is 1.10 bits per heavy atom. The van der Waals surface area contributed by atoms with Crippen molar-refractivity contribution in [2.24, 2.45) is 0 Å². The maximum Gasteiger partial charge on any atom is 0.330 e. The van der Waals surface area contributed by atoms with Gasteiger partial charge in [0, 0.05) is 19.1 Å². The second-order valence-corrected chi connectivity index (χ2v) is 8.40. The number of sulfonamides is 1. The van der Waals surface area contributed by atoms with Gasteiger partial charge in [-0.25, -0.2) is 17.9 Å². The molecule has 0 heterocycles. The highest BCUT2D eigenvalue weighted by Crippen LogP contribution is 2.24. The zero-order chi connectivity index (χ0) is 23.2. The maximum absolute atomic E-state index is 13.0. The van der Waals surface area contributed by atoms with Gasteiger partial charge in [0.15, 0.2) is 0 Å². The number of hydrogen-bond donors (Lipinski definition) is 2. The van der Waals surface area contributed by atoms with Crippen LogP contribution in [0, 0.1) is 17.0 Å². The van der Waals surface area contributed by atoms with Crippen LogP contribution in [0.1, 0.15) is 31.0 Å². The molecule has 0 bridgehead atoms. The van der Waals surface area contributed by atoms with Gasteiger partial charge in [0.2, 0.25) is 15.9 Å². The summed E-state index contributed by atoms with van der Waals surface area (Å²) in [5.74, 6) is -1.44. The molecular weight excluding hydrogens is 426 g/mol. The lowest BCUT2D eigenvalue weighted by Crippen LogP contribution is -2.50. The number of rotatable bonds is 9. The van der Waals surface area contributed by atoms with Crippen LogP contribution in [0.2, 0.25) is 0 Å². The lowest BCUT2D eigenvalue weighted by molar-refractivity contribution is -0.384. The van der Waals surface area contributed by atoms with Crippen LogP contribution in [0.3, 0.4) is 0 Å². The first-order chi connectivity index (χ1) is 14.5. The largest absolute Gasteiger partial charge is 0.464 e. The van der Waals surface area contributed by atoms with E-state index in [0.717, 1.165) is 5.56 Å². The standard InChI is InChI=1S/C20H23N3O7S/c1-4-30-20(25)19(21-14(3)24)18(15-7-9-16(10-8-15)23(26)27)22-31(28,29)17-11-5-13(2)6-12-17/h5-12,18-19,22H,4H2,1-3H3,(H,21,24)/t18-,19-/m0/s1. The summed E-state index contributed by atoms with van der Waals surface area (Å²) >= 11 is 0. The Bertz CT molecular complexity index is 1050. The Hall–Kier alpha value is -3.31. The third-order valence-corrected chi connectivity index (χ3v) is 5.77. The zero-order valence-corrected chi connectivity index (χ0v) is 18.0. The Morgan fingerprint density at radius 3 is 2.16 bits per heavy atom. The first-order valence-electron chi connectivity index (χ1n) is 9.32. The van der Waals surface area contributed by atoms with E-state index in [1.54, 1.807) is 26.0 Å². The van der Waals surface area contributed by atoms with Crippen molar-refractivity contribution in [2.75, 3.05) is 6.61 Å². The fourth-order valence-electron chi connectivity index (χ4n) is 2.81. The number of benzene rings is 2. The van der Waals surface area contributed by atoms with Crippen LogP contribution in [-0.4, -0.2) is 37.9 Å². The van der Waals surface area contributed by atoms with E-state index in [1.165, 1.54) is 43.3 Å². The third kappa shape index (κ3) is 6.33. The van der Waals surface area contributed by atoms with Crippen molar-refractivity contribution >= 4 is 27.6 Å². The van der Waals surface area contributed by atoms with Crippen molar-refractivity contribution < 1.29 is 27.7 Å². The van der Waals surface area contributed by atoms with Crippen molar-refractivity contribution in [2.45, 2.75) is 37.8 Å². The number of non-ortho nitro benzene ring substituents is 1. The number of ether oxygens (including phenoxy) is 1. The molecule has 0 aromatic heterocycles. The molecule has 0 saturated heterocycles. The molecule has 11 heteroatoms. The number of amides is 1. The van der Waals surface area contributed by atoms with Gasteiger partial charge in [-0.05, 0) is 31.5 Å². The van der Waals surface area contributed by atoms with E-state index in [1.807, 2.05) is 0 Å². The van der Waals surface area contributed by atoms with Crippen LogP contribution >= 0.6 is 0 Å². The van der Waals surface area contributed by atoms with E-state index in [0.29, 0.717) is 0 Å². The molecule has 0 saturated carbocycles. The van der Waals surface area contributed by atoms with Crippen LogP contribution in [0.5, 0.6) is 0 Å². The molecule has 0 spiro atoms.